The molecule has 0 unspecified atom stereocenters. The standard InChI is InChI=1S/C21H22FNO2/c1-14-19(11-15(13-24)12-20(14)22)16-7-9-17(10-8-16)21(25)23(2)18-5-3-4-6-18/h7-13,18H,3-6H2,1-2H3. The predicted molar refractivity (Wildman–Crippen MR) is 96.3 cm³/mol. The van der Waals surface area contributed by atoms with Gasteiger partial charge in [0.1, 0.15) is 12.1 Å². The van der Waals surface area contributed by atoms with Gasteiger partial charge in [0, 0.05) is 24.2 Å². The van der Waals surface area contributed by atoms with Crippen molar-refractivity contribution in [3.05, 3.63) is 58.9 Å². The molecule has 1 saturated carbocycles. The summed E-state index contributed by atoms with van der Waals surface area (Å²) in [5.74, 6) is -0.385. The molecule has 0 N–H and O–H groups in total. The van der Waals surface area contributed by atoms with Gasteiger partial charge in [0.05, 0.1) is 0 Å². The average Bonchev–Trinajstić information content (AvgIpc) is 3.17. The third-order valence-corrected chi connectivity index (χ3v) is 5.14. The van der Waals surface area contributed by atoms with Gasteiger partial charge in [-0.2, -0.15) is 0 Å². The van der Waals surface area contributed by atoms with Gasteiger partial charge in [-0.05, 0) is 60.7 Å². The van der Waals surface area contributed by atoms with E-state index in [0.717, 1.165) is 18.4 Å². The van der Waals surface area contributed by atoms with Crippen LogP contribution in [0.2, 0.25) is 0 Å². The summed E-state index contributed by atoms with van der Waals surface area (Å²) in [6.45, 7) is 1.69. The lowest BCUT2D eigenvalue weighted by atomic mass is 9.97. The molecule has 130 valence electrons. The van der Waals surface area contributed by atoms with Crippen molar-refractivity contribution in [1.82, 2.24) is 4.90 Å². The fraction of sp³-hybridized carbons (Fsp3) is 0.333. The first-order chi connectivity index (χ1) is 12.0. The molecular weight excluding hydrogens is 317 g/mol. The molecule has 25 heavy (non-hydrogen) atoms. The van der Waals surface area contributed by atoms with Crippen LogP contribution in [0.1, 0.15) is 52.0 Å². The maximum atomic E-state index is 14.0. The second-order valence-electron chi connectivity index (χ2n) is 6.72. The number of nitrogens with zero attached hydrogens (tertiary/aromatic N) is 1. The predicted octanol–water partition coefficient (Wildman–Crippen LogP) is 4.63. The van der Waals surface area contributed by atoms with Crippen LogP contribution in [-0.2, 0) is 0 Å². The molecule has 1 amide bonds. The number of carbonyl (C=O) groups is 2. The van der Waals surface area contributed by atoms with Gasteiger partial charge in [-0.3, -0.25) is 9.59 Å². The van der Waals surface area contributed by atoms with Gasteiger partial charge < -0.3 is 4.90 Å². The van der Waals surface area contributed by atoms with Crippen molar-refractivity contribution in [3.8, 4) is 11.1 Å². The Morgan fingerprint density at radius 3 is 2.40 bits per heavy atom. The molecule has 1 fully saturated rings. The largest absolute Gasteiger partial charge is 0.339 e. The van der Waals surface area contributed by atoms with Gasteiger partial charge in [0.2, 0.25) is 0 Å². The zero-order valence-corrected chi connectivity index (χ0v) is 14.6. The smallest absolute Gasteiger partial charge is 0.253 e. The van der Waals surface area contributed by atoms with Gasteiger partial charge in [-0.25, -0.2) is 4.39 Å². The molecule has 2 aromatic rings. The van der Waals surface area contributed by atoms with E-state index in [1.807, 2.05) is 24.1 Å². The summed E-state index contributed by atoms with van der Waals surface area (Å²) in [6.07, 6.45) is 5.13. The Balaban J connectivity index is 1.86. The quantitative estimate of drug-likeness (QED) is 0.762. The van der Waals surface area contributed by atoms with Crippen molar-refractivity contribution >= 4 is 12.2 Å². The Labute approximate surface area is 147 Å². The fourth-order valence-electron chi connectivity index (χ4n) is 3.52. The Bertz CT molecular complexity index is 792. The van der Waals surface area contributed by atoms with Crippen LogP contribution in [0.5, 0.6) is 0 Å². The summed E-state index contributed by atoms with van der Waals surface area (Å²) in [7, 11) is 1.86. The highest BCUT2D eigenvalue weighted by atomic mass is 19.1. The molecule has 0 heterocycles. The Morgan fingerprint density at radius 2 is 1.80 bits per heavy atom. The monoisotopic (exact) mass is 339 g/mol. The lowest BCUT2D eigenvalue weighted by Gasteiger charge is -2.24. The number of halogens is 1. The fourth-order valence-corrected chi connectivity index (χ4v) is 3.52. The van der Waals surface area contributed by atoms with Crippen LogP contribution >= 0.6 is 0 Å². The molecule has 0 atom stereocenters. The molecule has 0 radical (unpaired) electrons. The van der Waals surface area contributed by atoms with E-state index in [9.17, 15) is 14.0 Å². The summed E-state index contributed by atoms with van der Waals surface area (Å²) in [5, 5.41) is 0. The van der Waals surface area contributed by atoms with Gasteiger partial charge >= 0.3 is 0 Å². The minimum atomic E-state index is -0.402. The molecule has 3 nitrogen and oxygen atoms in total. The lowest BCUT2D eigenvalue weighted by Crippen LogP contribution is -2.35. The van der Waals surface area contributed by atoms with E-state index < -0.39 is 5.82 Å². The Hall–Kier alpha value is -2.49. The molecule has 3 rings (SSSR count). The van der Waals surface area contributed by atoms with Crippen LogP contribution in [-0.4, -0.2) is 30.2 Å². The zero-order valence-electron chi connectivity index (χ0n) is 14.6. The first-order valence-corrected chi connectivity index (χ1v) is 8.64. The normalized spacial score (nSPS) is 14.5. The highest BCUT2D eigenvalue weighted by Gasteiger charge is 2.24. The van der Waals surface area contributed by atoms with Crippen molar-refractivity contribution in [2.24, 2.45) is 0 Å². The van der Waals surface area contributed by atoms with Crippen LogP contribution in [0.15, 0.2) is 36.4 Å². The number of amides is 1. The molecule has 0 aromatic heterocycles. The number of hydrogen-bond donors (Lipinski definition) is 0. The van der Waals surface area contributed by atoms with Crippen LogP contribution in [0.4, 0.5) is 4.39 Å². The summed E-state index contributed by atoms with van der Waals surface area (Å²) in [6, 6.07) is 10.4. The summed E-state index contributed by atoms with van der Waals surface area (Å²) >= 11 is 0. The van der Waals surface area contributed by atoms with Crippen LogP contribution in [0, 0.1) is 12.7 Å². The maximum Gasteiger partial charge on any atom is 0.253 e. The van der Waals surface area contributed by atoms with Crippen molar-refractivity contribution in [3.63, 3.8) is 0 Å². The molecule has 2 aromatic carbocycles. The Kier molecular flexibility index (Phi) is 4.98. The second-order valence-corrected chi connectivity index (χ2v) is 6.72. The molecular formula is C21H22FNO2. The molecule has 1 aliphatic carbocycles. The molecule has 0 saturated heterocycles. The zero-order chi connectivity index (χ0) is 18.0. The summed E-state index contributed by atoms with van der Waals surface area (Å²) in [4.78, 5) is 25.4. The van der Waals surface area contributed by atoms with Crippen molar-refractivity contribution < 1.29 is 14.0 Å². The summed E-state index contributed by atoms with van der Waals surface area (Å²) in [5.41, 5.74) is 2.89. The topological polar surface area (TPSA) is 37.4 Å². The minimum Gasteiger partial charge on any atom is -0.339 e. The lowest BCUT2D eigenvalue weighted by molar-refractivity contribution is 0.0735. The summed E-state index contributed by atoms with van der Waals surface area (Å²) < 4.78 is 14.0. The van der Waals surface area contributed by atoms with E-state index in [0.29, 0.717) is 34.6 Å². The van der Waals surface area contributed by atoms with Gasteiger partial charge in [-0.1, -0.05) is 25.0 Å². The third kappa shape index (κ3) is 3.48. The van der Waals surface area contributed by atoms with Gasteiger partial charge in [0.25, 0.3) is 5.91 Å². The number of carbonyl (C=O) groups excluding carboxylic acids is 2. The van der Waals surface area contributed by atoms with E-state index in [4.69, 9.17) is 0 Å². The van der Waals surface area contributed by atoms with Crippen molar-refractivity contribution in [2.45, 2.75) is 38.6 Å². The molecule has 0 aliphatic heterocycles. The van der Waals surface area contributed by atoms with Crippen molar-refractivity contribution in [1.29, 1.82) is 0 Å². The van der Waals surface area contributed by atoms with Crippen LogP contribution < -0.4 is 0 Å². The van der Waals surface area contributed by atoms with Crippen molar-refractivity contribution in [2.75, 3.05) is 7.05 Å². The Morgan fingerprint density at radius 1 is 1.16 bits per heavy atom. The first kappa shape index (κ1) is 17.3. The first-order valence-electron chi connectivity index (χ1n) is 8.64. The number of rotatable bonds is 4. The van der Waals surface area contributed by atoms with Crippen LogP contribution in [0.25, 0.3) is 11.1 Å². The SMILES string of the molecule is Cc1c(F)cc(C=O)cc1-c1ccc(C(=O)N(C)C2CCCC2)cc1. The number of benzene rings is 2. The van der Waals surface area contributed by atoms with E-state index in [1.165, 1.54) is 18.9 Å². The number of hydrogen-bond acceptors (Lipinski definition) is 2. The van der Waals surface area contributed by atoms with Gasteiger partial charge in [-0.15, -0.1) is 0 Å². The highest BCUT2D eigenvalue weighted by molar-refractivity contribution is 5.95. The minimum absolute atomic E-state index is 0.0167. The van der Waals surface area contributed by atoms with E-state index in [2.05, 4.69) is 0 Å². The van der Waals surface area contributed by atoms with Crippen LogP contribution in [0.3, 0.4) is 0 Å². The molecule has 1 aliphatic rings. The molecule has 0 spiro atoms. The average molecular weight is 339 g/mol. The van der Waals surface area contributed by atoms with E-state index >= 15 is 0 Å². The molecule has 0 bridgehead atoms. The van der Waals surface area contributed by atoms with Gasteiger partial charge in [0.15, 0.2) is 0 Å². The van der Waals surface area contributed by atoms with E-state index in [1.54, 1.807) is 25.1 Å². The third-order valence-electron chi connectivity index (χ3n) is 5.14. The van der Waals surface area contributed by atoms with E-state index in [-0.39, 0.29) is 5.91 Å². The highest BCUT2D eigenvalue weighted by Crippen LogP contribution is 2.28. The maximum absolute atomic E-state index is 14.0. The second kappa shape index (κ2) is 7.18. The molecule has 4 heteroatoms. The number of aldehydes is 1.